The van der Waals surface area contributed by atoms with Gasteiger partial charge in [0, 0.05) is 26.0 Å². The normalized spacial score (nSPS) is 12.4. The van der Waals surface area contributed by atoms with Crippen molar-refractivity contribution in [1.82, 2.24) is 19.7 Å². The summed E-state index contributed by atoms with van der Waals surface area (Å²) in [6.45, 7) is 1.84. The molecule has 96 valence electrons. The van der Waals surface area contributed by atoms with Crippen LogP contribution in [0.15, 0.2) is 30.7 Å². The summed E-state index contributed by atoms with van der Waals surface area (Å²) in [5.74, 6) is 0.454. The Morgan fingerprint density at radius 2 is 2.17 bits per heavy atom. The Labute approximate surface area is 105 Å². The predicted molar refractivity (Wildman–Crippen MR) is 66.5 cm³/mol. The van der Waals surface area contributed by atoms with Crippen molar-refractivity contribution in [1.29, 1.82) is 0 Å². The first-order valence-electron chi connectivity index (χ1n) is 5.71. The zero-order valence-corrected chi connectivity index (χ0v) is 10.4. The van der Waals surface area contributed by atoms with Crippen LogP contribution in [0.2, 0.25) is 0 Å². The lowest BCUT2D eigenvalue weighted by Crippen LogP contribution is -2.31. The van der Waals surface area contributed by atoms with Gasteiger partial charge in [-0.05, 0) is 19.1 Å². The van der Waals surface area contributed by atoms with Gasteiger partial charge < -0.3 is 15.0 Å². The van der Waals surface area contributed by atoms with Crippen molar-refractivity contribution >= 4 is 5.91 Å². The number of nitrogens with zero attached hydrogens (tertiary/aromatic N) is 3. The molecule has 2 rings (SSSR count). The van der Waals surface area contributed by atoms with Crippen LogP contribution in [-0.4, -0.2) is 38.0 Å². The number of aryl methyl sites for hydroxylation is 1. The van der Waals surface area contributed by atoms with Gasteiger partial charge in [-0.15, -0.1) is 0 Å². The Balaban J connectivity index is 2.27. The summed E-state index contributed by atoms with van der Waals surface area (Å²) in [4.78, 5) is 12.0. The monoisotopic (exact) mass is 248 g/mol. The summed E-state index contributed by atoms with van der Waals surface area (Å²) in [6.07, 6.45) is 4.65. The van der Waals surface area contributed by atoms with E-state index in [1.54, 1.807) is 18.7 Å². The fraction of sp³-hybridized carbons (Fsp3) is 0.333. The van der Waals surface area contributed by atoms with Crippen LogP contribution in [-0.2, 0) is 7.05 Å². The van der Waals surface area contributed by atoms with Gasteiger partial charge in [0.2, 0.25) is 0 Å². The summed E-state index contributed by atoms with van der Waals surface area (Å²) < 4.78 is 3.46. The van der Waals surface area contributed by atoms with Crippen molar-refractivity contribution in [3.05, 3.63) is 36.3 Å². The fourth-order valence-electron chi connectivity index (χ4n) is 1.71. The van der Waals surface area contributed by atoms with Gasteiger partial charge in [-0.2, -0.15) is 5.10 Å². The van der Waals surface area contributed by atoms with E-state index >= 15 is 0 Å². The van der Waals surface area contributed by atoms with Crippen LogP contribution >= 0.6 is 0 Å². The van der Waals surface area contributed by atoms with E-state index in [1.165, 1.54) is 6.20 Å². The van der Waals surface area contributed by atoms with E-state index in [2.05, 4.69) is 10.4 Å². The van der Waals surface area contributed by atoms with E-state index < -0.39 is 6.10 Å². The maximum absolute atomic E-state index is 12.0. The average molecular weight is 248 g/mol. The van der Waals surface area contributed by atoms with E-state index in [4.69, 9.17) is 5.11 Å². The topological polar surface area (TPSA) is 72.1 Å². The number of amides is 1. The molecule has 0 unspecified atom stereocenters. The molecule has 18 heavy (non-hydrogen) atoms. The van der Waals surface area contributed by atoms with Crippen LogP contribution in [0.1, 0.15) is 17.3 Å². The molecule has 1 atom stereocenters. The molecule has 6 heteroatoms. The second-order valence-corrected chi connectivity index (χ2v) is 4.15. The Morgan fingerprint density at radius 1 is 1.50 bits per heavy atom. The maximum atomic E-state index is 12.0. The smallest absolute Gasteiger partial charge is 0.256 e. The molecule has 0 aliphatic carbocycles. The highest BCUT2D eigenvalue weighted by Gasteiger charge is 2.17. The molecule has 0 aliphatic heterocycles. The summed E-state index contributed by atoms with van der Waals surface area (Å²) in [7, 11) is 1.78. The second kappa shape index (κ2) is 5.05. The molecule has 0 saturated heterocycles. The molecular weight excluding hydrogens is 232 g/mol. The first kappa shape index (κ1) is 12.4. The van der Waals surface area contributed by atoms with Gasteiger partial charge in [0.1, 0.15) is 11.4 Å². The Hall–Kier alpha value is -2.08. The third kappa shape index (κ3) is 2.43. The fourth-order valence-corrected chi connectivity index (χ4v) is 1.71. The highest BCUT2D eigenvalue weighted by Crippen LogP contribution is 2.13. The van der Waals surface area contributed by atoms with Crippen molar-refractivity contribution in [2.75, 3.05) is 6.54 Å². The van der Waals surface area contributed by atoms with Crippen molar-refractivity contribution in [2.24, 2.45) is 7.05 Å². The lowest BCUT2D eigenvalue weighted by atomic mass is 10.3. The van der Waals surface area contributed by atoms with Gasteiger partial charge in [0.15, 0.2) is 0 Å². The second-order valence-electron chi connectivity index (χ2n) is 4.15. The van der Waals surface area contributed by atoms with Crippen LogP contribution < -0.4 is 5.32 Å². The number of aliphatic hydroxyl groups excluding tert-OH is 1. The lowest BCUT2D eigenvalue weighted by Gasteiger charge is -2.09. The molecule has 0 aliphatic rings. The maximum Gasteiger partial charge on any atom is 0.256 e. The molecular formula is C12H16N4O2. The highest BCUT2D eigenvalue weighted by molar-refractivity contribution is 5.97. The van der Waals surface area contributed by atoms with Crippen LogP contribution in [0.3, 0.4) is 0 Å². The summed E-state index contributed by atoms with van der Waals surface area (Å²) >= 11 is 0. The van der Waals surface area contributed by atoms with Crippen molar-refractivity contribution in [3.63, 3.8) is 0 Å². The molecule has 0 radical (unpaired) electrons. The standard InChI is InChI=1S/C12H16N4O2/c1-9(17)7-13-11(18)10-8-14-15(2)12(10)16-5-3-4-6-16/h3-6,8-9,17H,7H2,1-2H3,(H,13,18)/t9-/m0/s1. The summed E-state index contributed by atoms with van der Waals surface area (Å²) in [5, 5.41) is 15.9. The Kier molecular flexibility index (Phi) is 3.47. The van der Waals surface area contributed by atoms with Crippen LogP contribution in [0.4, 0.5) is 0 Å². The van der Waals surface area contributed by atoms with Gasteiger partial charge in [0.25, 0.3) is 5.91 Å². The molecule has 2 aromatic rings. The van der Waals surface area contributed by atoms with Gasteiger partial charge in [-0.25, -0.2) is 0 Å². The lowest BCUT2D eigenvalue weighted by molar-refractivity contribution is 0.0924. The Bertz CT molecular complexity index is 528. The molecule has 2 aromatic heterocycles. The number of carbonyl (C=O) groups is 1. The van der Waals surface area contributed by atoms with Gasteiger partial charge in [-0.3, -0.25) is 9.48 Å². The minimum Gasteiger partial charge on any atom is -0.392 e. The van der Waals surface area contributed by atoms with Crippen LogP contribution in [0.5, 0.6) is 0 Å². The van der Waals surface area contributed by atoms with Crippen molar-refractivity contribution in [2.45, 2.75) is 13.0 Å². The molecule has 0 saturated carbocycles. The van der Waals surface area contributed by atoms with E-state index in [0.29, 0.717) is 11.4 Å². The molecule has 0 fully saturated rings. The summed E-state index contributed by atoms with van der Waals surface area (Å²) in [6, 6.07) is 3.76. The zero-order chi connectivity index (χ0) is 13.1. The van der Waals surface area contributed by atoms with Gasteiger partial charge in [-0.1, -0.05) is 0 Å². The number of aliphatic hydroxyl groups is 1. The third-order valence-corrected chi connectivity index (χ3v) is 2.56. The first-order valence-corrected chi connectivity index (χ1v) is 5.71. The molecule has 2 heterocycles. The number of hydrogen-bond donors (Lipinski definition) is 2. The quantitative estimate of drug-likeness (QED) is 0.818. The van der Waals surface area contributed by atoms with E-state index in [-0.39, 0.29) is 12.5 Å². The molecule has 1 amide bonds. The van der Waals surface area contributed by atoms with Crippen LogP contribution in [0, 0.1) is 0 Å². The van der Waals surface area contributed by atoms with E-state index in [0.717, 1.165) is 0 Å². The molecule has 2 N–H and O–H groups in total. The van der Waals surface area contributed by atoms with E-state index in [9.17, 15) is 4.79 Å². The Morgan fingerprint density at radius 3 is 2.78 bits per heavy atom. The molecule has 0 aromatic carbocycles. The SMILES string of the molecule is C[C@H](O)CNC(=O)c1cnn(C)c1-n1cccc1. The van der Waals surface area contributed by atoms with E-state index in [1.807, 2.05) is 29.1 Å². The minimum atomic E-state index is -0.569. The molecule has 0 bridgehead atoms. The zero-order valence-electron chi connectivity index (χ0n) is 10.4. The third-order valence-electron chi connectivity index (χ3n) is 2.56. The summed E-state index contributed by atoms with van der Waals surface area (Å²) in [5.41, 5.74) is 0.481. The number of nitrogens with one attached hydrogen (secondary N) is 1. The minimum absolute atomic E-state index is 0.221. The molecule has 6 nitrogen and oxygen atoms in total. The average Bonchev–Trinajstić information content (AvgIpc) is 2.94. The molecule has 0 spiro atoms. The van der Waals surface area contributed by atoms with Crippen molar-refractivity contribution < 1.29 is 9.90 Å². The van der Waals surface area contributed by atoms with Gasteiger partial charge >= 0.3 is 0 Å². The van der Waals surface area contributed by atoms with Crippen LogP contribution in [0.25, 0.3) is 5.82 Å². The number of aromatic nitrogens is 3. The van der Waals surface area contributed by atoms with Gasteiger partial charge in [0.05, 0.1) is 12.3 Å². The predicted octanol–water partition coefficient (Wildman–Crippen LogP) is 0.321. The number of hydrogen-bond acceptors (Lipinski definition) is 3. The van der Waals surface area contributed by atoms with Crippen molar-refractivity contribution in [3.8, 4) is 5.82 Å². The number of rotatable bonds is 4. The first-order chi connectivity index (χ1) is 8.59. The number of carbonyl (C=O) groups excluding carboxylic acids is 1. The highest BCUT2D eigenvalue weighted by atomic mass is 16.3. The largest absolute Gasteiger partial charge is 0.392 e.